The highest BCUT2D eigenvalue weighted by atomic mass is 16.3. The first-order valence-electron chi connectivity index (χ1n) is 4.19. The maximum absolute atomic E-state index is 11.2. The van der Waals surface area contributed by atoms with Crippen molar-refractivity contribution < 1.29 is 19.5 Å². The van der Waals surface area contributed by atoms with Crippen molar-refractivity contribution >= 4 is 18.5 Å². The molecule has 0 aliphatic rings. The summed E-state index contributed by atoms with van der Waals surface area (Å²) in [5, 5.41) is 13.3. The second kappa shape index (κ2) is 7.16. The fourth-order valence-electron chi connectivity index (χ4n) is 0.790. The number of aldehydes is 2. The number of aliphatic hydroxyl groups excluding tert-OH is 1. The van der Waals surface area contributed by atoms with E-state index in [2.05, 4.69) is 10.6 Å². The summed E-state index contributed by atoms with van der Waals surface area (Å²) in [6.07, 6.45) is 1.02. The molecule has 0 aliphatic carbocycles. The zero-order chi connectivity index (χ0) is 11.0. The van der Waals surface area contributed by atoms with Crippen LogP contribution in [-0.2, 0) is 14.4 Å². The van der Waals surface area contributed by atoms with Gasteiger partial charge in [-0.1, -0.05) is 0 Å². The molecule has 0 aromatic heterocycles. The second-order valence-electron chi connectivity index (χ2n) is 2.74. The van der Waals surface area contributed by atoms with Crippen molar-refractivity contribution in [1.82, 2.24) is 10.6 Å². The lowest BCUT2D eigenvalue weighted by Crippen LogP contribution is -2.47. The number of nitrogens with one attached hydrogen (secondary N) is 2. The summed E-state index contributed by atoms with van der Waals surface area (Å²) >= 11 is 0. The zero-order valence-electron chi connectivity index (χ0n) is 7.90. The molecule has 6 heteroatoms. The van der Waals surface area contributed by atoms with Gasteiger partial charge in [-0.05, 0) is 6.92 Å². The lowest BCUT2D eigenvalue weighted by molar-refractivity contribution is -0.126. The third kappa shape index (κ3) is 4.68. The van der Waals surface area contributed by atoms with Gasteiger partial charge in [-0.3, -0.25) is 10.1 Å². The van der Waals surface area contributed by atoms with Gasteiger partial charge in [-0.2, -0.15) is 0 Å². The van der Waals surface area contributed by atoms with Gasteiger partial charge in [-0.25, -0.2) is 0 Å². The van der Waals surface area contributed by atoms with E-state index in [0.717, 1.165) is 0 Å². The normalized spacial score (nSPS) is 14.1. The molecular weight excluding hydrogens is 188 g/mol. The Bertz CT molecular complexity index is 208. The van der Waals surface area contributed by atoms with E-state index in [1.165, 1.54) is 6.92 Å². The zero-order valence-corrected chi connectivity index (χ0v) is 7.90. The summed E-state index contributed by atoms with van der Waals surface area (Å²) in [7, 11) is 0. The number of amides is 1. The molecule has 0 radical (unpaired) electrons. The highest BCUT2D eigenvalue weighted by Gasteiger charge is 2.15. The predicted octanol–water partition coefficient (Wildman–Crippen LogP) is -1.81. The Morgan fingerprint density at radius 3 is 2.57 bits per heavy atom. The molecule has 2 atom stereocenters. The molecular formula is C8H14N2O4. The van der Waals surface area contributed by atoms with Gasteiger partial charge >= 0.3 is 0 Å². The van der Waals surface area contributed by atoms with Crippen LogP contribution in [0.25, 0.3) is 0 Å². The van der Waals surface area contributed by atoms with E-state index in [1.807, 2.05) is 0 Å². The van der Waals surface area contributed by atoms with Crippen LogP contribution in [0.15, 0.2) is 0 Å². The molecule has 0 heterocycles. The van der Waals surface area contributed by atoms with Gasteiger partial charge in [0.15, 0.2) is 0 Å². The van der Waals surface area contributed by atoms with E-state index in [0.29, 0.717) is 12.6 Å². The summed E-state index contributed by atoms with van der Waals surface area (Å²) in [5.41, 5.74) is 0. The maximum Gasteiger partial charge on any atom is 0.237 e. The van der Waals surface area contributed by atoms with Gasteiger partial charge in [0, 0.05) is 6.42 Å². The smallest absolute Gasteiger partial charge is 0.237 e. The summed E-state index contributed by atoms with van der Waals surface area (Å²) in [6, 6.07) is -1.39. The second-order valence-corrected chi connectivity index (χ2v) is 2.74. The Kier molecular flexibility index (Phi) is 6.51. The van der Waals surface area contributed by atoms with Gasteiger partial charge in [0.05, 0.1) is 18.8 Å². The van der Waals surface area contributed by atoms with Crippen LogP contribution in [0.4, 0.5) is 0 Å². The first kappa shape index (κ1) is 12.7. The van der Waals surface area contributed by atoms with E-state index in [9.17, 15) is 14.4 Å². The Hall–Kier alpha value is -1.27. The molecule has 80 valence electrons. The van der Waals surface area contributed by atoms with Crippen molar-refractivity contribution in [3.05, 3.63) is 0 Å². The molecule has 0 aromatic carbocycles. The Labute approximate surface area is 81.7 Å². The lowest BCUT2D eigenvalue weighted by atomic mass is 10.2. The van der Waals surface area contributed by atoms with Crippen molar-refractivity contribution in [2.75, 3.05) is 6.73 Å². The molecule has 0 rings (SSSR count). The van der Waals surface area contributed by atoms with Crippen LogP contribution in [0.1, 0.15) is 13.3 Å². The average Bonchev–Trinajstić information content (AvgIpc) is 2.17. The molecule has 3 N–H and O–H groups in total. The minimum absolute atomic E-state index is 0.0406. The number of aliphatic hydroxyl groups is 1. The summed E-state index contributed by atoms with van der Waals surface area (Å²) in [5.74, 6) is -0.432. The van der Waals surface area contributed by atoms with Crippen LogP contribution >= 0.6 is 0 Å². The molecule has 1 unspecified atom stereocenters. The quantitative estimate of drug-likeness (QED) is 0.334. The van der Waals surface area contributed by atoms with E-state index >= 15 is 0 Å². The largest absolute Gasteiger partial charge is 0.381 e. The molecule has 0 aromatic rings. The van der Waals surface area contributed by atoms with Crippen molar-refractivity contribution in [1.29, 1.82) is 0 Å². The molecule has 1 amide bonds. The molecule has 0 fully saturated rings. The third-order valence-electron chi connectivity index (χ3n) is 1.63. The van der Waals surface area contributed by atoms with Crippen molar-refractivity contribution in [2.45, 2.75) is 25.4 Å². The van der Waals surface area contributed by atoms with Gasteiger partial charge in [-0.15, -0.1) is 0 Å². The monoisotopic (exact) mass is 202 g/mol. The van der Waals surface area contributed by atoms with E-state index in [-0.39, 0.29) is 13.2 Å². The number of carbonyl (C=O) groups excluding carboxylic acids is 3. The Morgan fingerprint density at radius 1 is 1.50 bits per heavy atom. The molecule has 0 aliphatic heterocycles. The van der Waals surface area contributed by atoms with Gasteiger partial charge in [0.2, 0.25) is 5.91 Å². The maximum atomic E-state index is 11.2. The molecule has 0 saturated carbocycles. The highest BCUT2D eigenvalue weighted by Crippen LogP contribution is 1.87. The minimum atomic E-state index is -0.789. The van der Waals surface area contributed by atoms with Crippen LogP contribution in [0.2, 0.25) is 0 Å². The number of carbonyl (C=O) groups is 3. The van der Waals surface area contributed by atoms with Crippen LogP contribution in [0.3, 0.4) is 0 Å². The van der Waals surface area contributed by atoms with Gasteiger partial charge in [0.1, 0.15) is 12.6 Å². The third-order valence-corrected chi connectivity index (χ3v) is 1.63. The fraction of sp³-hybridized carbons (Fsp3) is 0.625. The van der Waals surface area contributed by atoms with Gasteiger partial charge < -0.3 is 20.0 Å². The van der Waals surface area contributed by atoms with E-state index in [4.69, 9.17) is 5.11 Å². The first-order chi connectivity index (χ1) is 6.65. The van der Waals surface area contributed by atoms with E-state index < -0.39 is 18.0 Å². The molecule has 0 bridgehead atoms. The van der Waals surface area contributed by atoms with Crippen LogP contribution < -0.4 is 10.6 Å². The summed E-state index contributed by atoms with van der Waals surface area (Å²) in [4.78, 5) is 31.7. The predicted molar refractivity (Wildman–Crippen MR) is 48.4 cm³/mol. The molecule has 6 nitrogen and oxygen atoms in total. The van der Waals surface area contributed by atoms with Crippen LogP contribution in [0.5, 0.6) is 0 Å². The number of rotatable bonds is 7. The SMILES string of the molecule is C[C@H](NCO)C(=O)NC(C=O)CC=O. The van der Waals surface area contributed by atoms with Gasteiger partial charge in [0.25, 0.3) is 0 Å². The first-order valence-corrected chi connectivity index (χ1v) is 4.19. The molecule has 14 heavy (non-hydrogen) atoms. The van der Waals surface area contributed by atoms with Crippen molar-refractivity contribution in [3.63, 3.8) is 0 Å². The molecule has 0 saturated heterocycles. The average molecular weight is 202 g/mol. The Morgan fingerprint density at radius 2 is 2.14 bits per heavy atom. The topological polar surface area (TPSA) is 95.5 Å². The minimum Gasteiger partial charge on any atom is -0.381 e. The van der Waals surface area contributed by atoms with Crippen molar-refractivity contribution in [2.24, 2.45) is 0 Å². The summed E-state index contributed by atoms with van der Waals surface area (Å²) in [6.45, 7) is 1.21. The fourth-order valence-corrected chi connectivity index (χ4v) is 0.790. The standard InChI is InChI=1S/C8H14N2O4/c1-6(9-5-13)8(14)10-7(4-12)2-3-11/h3-4,6-7,9,13H,2,5H2,1H3,(H,10,14)/t6-,7?/m0/s1. The Balaban J connectivity index is 4.00. The lowest BCUT2D eigenvalue weighted by Gasteiger charge is -2.14. The summed E-state index contributed by atoms with van der Waals surface area (Å²) < 4.78 is 0. The van der Waals surface area contributed by atoms with E-state index in [1.54, 1.807) is 0 Å². The number of hydrogen-bond acceptors (Lipinski definition) is 5. The number of hydrogen-bond donors (Lipinski definition) is 3. The van der Waals surface area contributed by atoms with Crippen LogP contribution in [-0.4, -0.2) is 42.4 Å². The van der Waals surface area contributed by atoms with Crippen molar-refractivity contribution in [3.8, 4) is 0 Å². The van der Waals surface area contributed by atoms with Crippen LogP contribution in [0, 0.1) is 0 Å². The molecule has 0 spiro atoms. The highest BCUT2D eigenvalue weighted by molar-refractivity contribution is 5.84.